The minimum atomic E-state index is -0.00118. The maximum atomic E-state index is 12.8. The number of pyridine rings is 1. The third-order valence-corrected chi connectivity index (χ3v) is 4.39. The SMILES string of the molecule is CN1CCOC(CN(CC2CC2)C(=O)c2cncc(Cl)c2)C1. The fourth-order valence-corrected chi connectivity index (χ4v) is 2.96. The maximum Gasteiger partial charge on any atom is 0.255 e. The first-order valence-corrected chi connectivity index (χ1v) is 8.19. The summed E-state index contributed by atoms with van der Waals surface area (Å²) in [5.41, 5.74) is 0.553. The fourth-order valence-electron chi connectivity index (χ4n) is 2.79. The molecule has 120 valence electrons. The molecule has 0 radical (unpaired) electrons. The second-order valence-corrected chi connectivity index (χ2v) is 6.74. The number of aromatic nitrogens is 1. The van der Waals surface area contributed by atoms with E-state index in [-0.39, 0.29) is 12.0 Å². The van der Waals surface area contributed by atoms with Crippen molar-refractivity contribution in [2.75, 3.05) is 39.8 Å². The third kappa shape index (κ3) is 4.18. The molecular formula is C16H22ClN3O2. The molecule has 22 heavy (non-hydrogen) atoms. The molecule has 1 aliphatic heterocycles. The topological polar surface area (TPSA) is 45.7 Å². The zero-order valence-corrected chi connectivity index (χ0v) is 13.6. The number of rotatable bonds is 5. The summed E-state index contributed by atoms with van der Waals surface area (Å²) in [6, 6.07) is 1.69. The number of ether oxygens (including phenoxy) is 1. The Bertz CT molecular complexity index is 536. The lowest BCUT2D eigenvalue weighted by atomic mass is 10.2. The Labute approximate surface area is 136 Å². The Balaban J connectivity index is 1.69. The molecule has 0 bridgehead atoms. The first-order valence-electron chi connectivity index (χ1n) is 7.82. The molecule has 5 nitrogen and oxygen atoms in total. The summed E-state index contributed by atoms with van der Waals surface area (Å²) in [5, 5.41) is 0.492. The van der Waals surface area contributed by atoms with Crippen LogP contribution in [0.5, 0.6) is 0 Å². The Kier molecular flexibility index (Phi) is 4.96. The molecule has 1 aliphatic carbocycles. The van der Waals surface area contributed by atoms with Gasteiger partial charge in [-0.2, -0.15) is 0 Å². The largest absolute Gasteiger partial charge is 0.374 e. The standard InChI is InChI=1S/C16H22ClN3O2/c1-19-4-5-22-15(10-19)11-20(9-12-2-3-12)16(21)13-6-14(17)8-18-7-13/h6-8,12,15H,2-5,9-11H2,1H3. The lowest BCUT2D eigenvalue weighted by Crippen LogP contribution is -2.48. The predicted octanol–water partition coefficient (Wildman–Crippen LogP) is 1.92. The molecule has 6 heteroatoms. The summed E-state index contributed by atoms with van der Waals surface area (Å²) in [7, 11) is 2.09. The number of amides is 1. The van der Waals surface area contributed by atoms with Gasteiger partial charge in [0.2, 0.25) is 0 Å². The molecule has 1 aromatic rings. The van der Waals surface area contributed by atoms with Crippen molar-refractivity contribution in [1.82, 2.24) is 14.8 Å². The number of nitrogens with zero attached hydrogens (tertiary/aromatic N) is 3. The Morgan fingerprint density at radius 1 is 1.45 bits per heavy atom. The van der Waals surface area contributed by atoms with Gasteiger partial charge in [0.1, 0.15) is 0 Å². The molecule has 3 rings (SSSR count). The molecule has 0 N–H and O–H groups in total. The van der Waals surface area contributed by atoms with E-state index in [2.05, 4.69) is 16.9 Å². The summed E-state index contributed by atoms with van der Waals surface area (Å²) in [4.78, 5) is 21.0. The lowest BCUT2D eigenvalue weighted by molar-refractivity contribution is -0.0331. The van der Waals surface area contributed by atoms with E-state index in [0.29, 0.717) is 23.0 Å². The molecule has 1 atom stereocenters. The first-order chi connectivity index (χ1) is 10.6. The van der Waals surface area contributed by atoms with Crippen LogP contribution in [0, 0.1) is 5.92 Å². The van der Waals surface area contributed by atoms with Gasteiger partial charge in [0, 0.05) is 38.6 Å². The molecule has 2 aliphatic rings. The summed E-state index contributed by atoms with van der Waals surface area (Å²) in [6.07, 6.45) is 5.63. The van der Waals surface area contributed by atoms with Gasteiger partial charge in [-0.1, -0.05) is 11.6 Å². The zero-order chi connectivity index (χ0) is 15.5. The van der Waals surface area contributed by atoms with E-state index in [1.165, 1.54) is 12.8 Å². The molecule has 0 spiro atoms. The number of hydrogen-bond donors (Lipinski definition) is 0. The summed E-state index contributed by atoms with van der Waals surface area (Å²) in [5.74, 6) is 0.635. The van der Waals surface area contributed by atoms with Gasteiger partial charge in [-0.25, -0.2) is 0 Å². The maximum absolute atomic E-state index is 12.8. The van der Waals surface area contributed by atoms with E-state index in [4.69, 9.17) is 16.3 Å². The van der Waals surface area contributed by atoms with Crippen molar-refractivity contribution < 1.29 is 9.53 Å². The van der Waals surface area contributed by atoms with Gasteiger partial charge < -0.3 is 14.5 Å². The normalized spacial score (nSPS) is 22.5. The monoisotopic (exact) mass is 323 g/mol. The third-order valence-electron chi connectivity index (χ3n) is 4.18. The van der Waals surface area contributed by atoms with Gasteiger partial charge in [0.05, 0.1) is 23.3 Å². The highest BCUT2D eigenvalue weighted by Crippen LogP contribution is 2.30. The van der Waals surface area contributed by atoms with Crippen LogP contribution in [0.25, 0.3) is 0 Å². The van der Waals surface area contributed by atoms with E-state index in [1.807, 2.05) is 4.90 Å². The Morgan fingerprint density at radius 3 is 2.95 bits per heavy atom. The van der Waals surface area contributed by atoms with Crippen molar-refractivity contribution in [2.24, 2.45) is 5.92 Å². The van der Waals surface area contributed by atoms with Crippen LogP contribution in [0.2, 0.25) is 5.02 Å². The summed E-state index contributed by atoms with van der Waals surface area (Å²) in [6.45, 7) is 3.97. The van der Waals surface area contributed by atoms with E-state index in [9.17, 15) is 4.79 Å². The molecule has 1 unspecified atom stereocenters. The highest BCUT2D eigenvalue weighted by Gasteiger charge is 2.30. The highest BCUT2D eigenvalue weighted by atomic mass is 35.5. The van der Waals surface area contributed by atoms with Crippen LogP contribution in [0.3, 0.4) is 0 Å². The smallest absolute Gasteiger partial charge is 0.255 e. The van der Waals surface area contributed by atoms with Gasteiger partial charge in [0.25, 0.3) is 5.91 Å². The van der Waals surface area contributed by atoms with Crippen LogP contribution in [-0.4, -0.2) is 66.6 Å². The molecule has 1 aromatic heterocycles. The van der Waals surface area contributed by atoms with Crippen LogP contribution in [0.4, 0.5) is 0 Å². The van der Waals surface area contributed by atoms with Gasteiger partial charge >= 0.3 is 0 Å². The Hall–Kier alpha value is -1.17. The number of likely N-dealkylation sites (N-methyl/N-ethyl adjacent to an activating group) is 1. The zero-order valence-electron chi connectivity index (χ0n) is 12.9. The molecule has 2 heterocycles. The van der Waals surface area contributed by atoms with Crippen LogP contribution in [0.1, 0.15) is 23.2 Å². The van der Waals surface area contributed by atoms with Crippen molar-refractivity contribution in [2.45, 2.75) is 18.9 Å². The number of hydrogen-bond acceptors (Lipinski definition) is 4. The van der Waals surface area contributed by atoms with E-state index in [1.54, 1.807) is 18.5 Å². The quantitative estimate of drug-likeness (QED) is 0.830. The summed E-state index contributed by atoms with van der Waals surface area (Å²) < 4.78 is 5.81. The average Bonchev–Trinajstić information content (AvgIpc) is 3.30. The number of halogens is 1. The van der Waals surface area contributed by atoms with E-state index >= 15 is 0 Å². The second-order valence-electron chi connectivity index (χ2n) is 6.30. The number of carbonyl (C=O) groups excluding carboxylic acids is 1. The predicted molar refractivity (Wildman–Crippen MR) is 85.1 cm³/mol. The minimum Gasteiger partial charge on any atom is -0.374 e. The summed E-state index contributed by atoms with van der Waals surface area (Å²) >= 11 is 5.96. The van der Waals surface area contributed by atoms with Gasteiger partial charge in [0.15, 0.2) is 0 Å². The van der Waals surface area contributed by atoms with E-state index < -0.39 is 0 Å². The molecule has 1 saturated carbocycles. The van der Waals surface area contributed by atoms with Crippen molar-refractivity contribution in [3.05, 3.63) is 29.0 Å². The van der Waals surface area contributed by atoms with Gasteiger partial charge in [-0.05, 0) is 31.9 Å². The highest BCUT2D eigenvalue weighted by molar-refractivity contribution is 6.30. The van der Waals surface area contributed by atoms with Crippen LogP contribution in [0.15, 0.2) is 18.5 Å². The average molecular weight is 324 g/mol. The fraction of sp³-hybridized carbons (Fsp3) is 0.625. The molecule has 1 saturated heterocycles. The number of carbonyl (C=O) groups is 1. The van der Waals surface area contributed by atoms with Crippen molar-refractivity contribution in [3.63, 3.8) is 0 Å². The molecule has 1 amide bonds. The van der Waals surface area contributed by atoms with Crippen molar-refractivity contribution in [3.8, 4) is 0 Å². The molecular weight excluding hydrogens is 302 g/mol. The van der Waals surface area contributed by atoms with Gasteiger partial charge in [-0.15, -0.1) is 0 Å². The molecule has 2 fully saturated rings. The second kappa shape index (κ2) is 6.94. The van der Waals surface area contributed by atoms with Crippen LogP contribution < -0.4 is 0 Å². The van der Waals surface area contributed by atoms with Crippen molar-refractivity contribution in [1.29, 1.82) is 0 Å². The molecule has 0 aromatic carbocycles. The number of morpholine rings is 1. The van der Waals surface area contributed by atoms with Gasteiger partial charge in [-0.3, -0.25) is 9.78 Å². The van der Waals surface area contributed by atoms with Crippen LogP contribution in [-0.2, 0) is 4.74 Å². The minimum absolute atomic E-state index is 0.00118. The first kappa shape index (κ1) is 15.7. The van der Waals surface area contributed by atoms with Crippen molar-refractivity contribution >= 4 is 17.5 Å². The van der Waals surface area contributed by atoms with E-state index in [0.717, 1.165) is 26.2 Å². The van der Waals surface area contributed by atoms with Crippen LogP contribution >= 0.6 is 11.6 Å². The Morgan fingerprint density at radius 2 is 2.27 bits per heavy atom. The lowest BCUT2D eigenvalue weighted by Gasteiger charge is -2.34.